The van der Waals surface area contributed by atoms with E-state index in [-0.39, 0.29) is 5.76 Å². The average Bonchev–Trinajstić information content (AvgIpc) is 2.78. The topological polar surface area (TPSA) is 62.5 Å². The van der Waals surface area contributed by atoms with Gasteiger partial charge in [-0.05, 0) is 36.4 Å². The number of benzene rings is 1. The minimum Gasteiger partial charge on any atom is -0.451 e. The number of carbonyl (C=O) groups excluding carboxylic acids is 1. The van der Waals surface area contributed by atoms with Gasteiger partial charge in [0.2, 0.25) is 0 Å². The maximum atomic E-state index is 11.0. The molecule has 1 aromatic carbocycles. The summed E-state index contributed by atoms with van der Waals surface area (Å²) in [6.07, 6.45) is 0. The monoisotopic (exact) mass is 237 g/mol. The SMILES string of the molecule is O=C(NO)c1ccc(-c2ccc(Cl)cc2)o1. The fraction of sp³-hybridized carbons (Fsp3) is 0. The van der Waals surface area contributed by atoms with Crippen molar-refractivity contribution >= 4 is 17.5 Å². The molecule has 16 heavy (non-hydrogen) atoms. The molecular formula is C11H8ClNO3. The van der Waals surface area contributed by atoms with E-state index in [1.165, 1.54) is 11.5 Å². The van der Waals surface area contributed by atoms with Gasteiger partial charge in [-0.15, -0.1) is 0 Å². The van der Waals surface area contributed by atoms with Gasteiger partial charge in [0.05, 0.1) is 0 Å². The molecule has 5 heteroatoms. The molecular weight excluding hydrogens is 230 g/mol. The molecule has 1 aromatic heterocycles. The van der Waals surface area contributed by atoms with E-state index in [0.717, 1.165) is 5.56 Å². The number of halogens is 1. The predicted octanol–water partition coefficient (Wildman–Crippen LogP) is 2.72. The molecule has 0 bridgehead atoms. The fourth-order valence-electron chi connectivity index (χ4n) is 1.28. The zero-order valence-electron chi connectivity index (χ0n) is 8.11. The molecule has 0 aliphatic rings. The van der Waals surface area contributed by atoms with E-state index in [9.17, 15) is 4.79 Å². The first-order valence-electron chi connectivity index (χ1n) is 4.51. The number of nitrogens with one attached hydrogen (secondary N) is 1. The Bertz CT molecular complexity index is 504. The number of hydrogen-bond acceptors (Lipinski definition) is 3. The summed E-state index contributed by atoms with van der Waals surface area (Å²) in [5.74, 6) is -0.0945. The van der Waals surface area contributed by atoms with E-state index in [0.29, 0.717) is 10.8 Å². The van der Waals surface area contributed by atoms with Crippen LogP contribution in [-0.4, -0.2) is 11.1 Å². The number of hydroxylamine groups is 1. The van der Waals surface area contributed by atoms with Crippen molar-refractivity contribution < 1.29 is 14.4 Å². The average molecular weight is 238 g/mol. The molecule has 0 fully saturated rings. The van der Waals surface area contributed by atoms with Gasteiger partial charge in [-0.3, -0.25) is 10.0 Å². The highest BCUT2D eigenvalue weighted by molar-refractivity contribution is 6.30. The molecule has 0 atom stereocenters. The van der Waals surface area contributed by atoms with Crippen molar-refractivity contribution in [2.75, 3.05) is 0 Å². The standard InChI is InChI=1S/C11H8ClNO3/c12-8-3-1-7(2-4-8)9-5-6-10(16-9)11(14)13-15/h1-6,15H,(H,13,14). The Morgan fingerprint density at radius 1 is 1.19 bits per heavy atom. The Kier molecular flexibility index (Phi) is 2.94. The van der Waals surface area contributed by atoms with Gasteiger partial charge in [0.1, 0.15) is 5.76 Å². The van der Waals surface area contributed by atoms with Crippen molar-refractivity contribution in [3.8, 4) is 11.3 Å². The van der Waals surface area contributed by atoms with Crippen molar-refractivity contribution in [1.82, 2.24) is 5.48 Å². The second kappa shape index (κ2) is 4.38. The lowest BCUT2D eigenvalue weighted by Crippen LogP contribution is -2.17. The smallest absolute Gasteiger partial charge is 0.310 e. The molecule has 2 N–H and O–H groups in total. The highest BCUT2D eigenvalue weighted by atomic mass is 35.5. The summed E-state index contributed by atoms with van der Waals surface area (Å²) < 4.78 is 5.25. The number of rotatable bonds is 2. The summed E-state index contributed by atoms with van der Waals surface area (Å²) in [4.78, 5) is 11.0. The van der Waals surface area contributed by atoms with Crippen molar-refractivity contribution in [2.45, 2.75) is 0 Å². The first-order valence-corrected chi connectivity index (χ1v) is 4.88. The number of hydrogen-bond donors (Lipinski definition) is 2. The van der Waals surface area contributed by atoms with E-state index < -0.39 is 5.91 Å². The maximum Gasteiger partial charge on any atom is 0.310 e. The second-order valence-corrected chi connectivity index (χ2v) is 3.55. The van der Waals surface area contributed by atoms with Crippen LogP contribution < -0.4 is 5.48 Å². The maximum absolute atomic E-state index is 11.0. The molecule has 0 saturated carbocycles. The molecule has 0 radical (unpaired) electrons. The van der Waals surface area contributed by atoms with E-state index >= 15 is 0 Å². The molecule has 0 aliphatic heterocycles. The van der Waals surface area contributed by atoms with Gasteiger partial charge in [-0.2, -0.15) is 0 Å². The van der Waals surface area contributed by atoms with Gasteiger partial charge in [-0.25, -0.2) is 5.48 Å². The first kappa shape index (κ1) is 10.7. The number of furan rings is 1. The lowest BCUT2D eigenvalue weighted by atomic mass is 10.2. The lowest BCUT2D eigenvalue weighted by Gasteiger charge is -1.97. The van der Waals surface area contributed by atoms with Gasteiger partial charge in [-0.1, -0.05) is 11.6 Å². The fourth-order valence-corrected chi connectivity index (χ4v) is 1.41. The van der Waals surface area contributed by atoms with Gasteiger partial charge >= 0.3 is 5.91 Å². The summed E-state index contributed by atoms with van der Waals surface area (Å²) in [6, 6.07) is 10.1. The highest BCUT2D eigenvalue weighted by Gasteiger charge is 2.10. The Hall–Kier alpha value is -1.78. The van der Waals surface area contributed by atoms with Crippen LogP contribution in [0.15, 0.2) is 40.8 Å². The van der Waals surface area contributed by atoms with Crippen LogP contribution in [-0.2, 0) is 0 Å². The minimum absolute atomic E-state index is 0.0486. The molecule has 2 aromatic rings. The van der Waals surface area contributed by atoms with Crippen LogP contribution in [0.2, 0.25) is 5.02 Å². The number of carbonyl (C=O) groups is 1. The molecule has 1 heterocycles. The van der Waals surface area contributed by atoms with Crippen molar-refractivity contribution in [1.29, 1.82) is 0 Å². The van der Waals surface area contributed by atoms with Crippen LogP contribution in [0, 0.1) is 0 Å². The molecule has 0 saturated heterocycles. The molecule has 4 nitrogen and oxygen atoms in total. The Morgan fingerprint density at radius 2 is 1.88 bits per heavy atom. The zero-order chi connectivity index (χ0) is 11.5. The molecule has 1 amide bonds. The summed E-state index contributed by atoms with van der Waals surface area (Å²) >= 11 is 5.75. The zero-order valence-corrected chi connectivity index (χ0v) is 8.86. The second-order valence-electron chi connectivity index (χ2n) is 3.11. The summed E-state index contributed by atoms with van der Waals surface area (Å²) in [5.41, 5.74) is 2.31. The predicted molar refractivity (Wildman–Crippen MR) is 58.4 cm³/mol. The van der Waals surface area contributed by atoms with Gasteiger partial charge in [0, 0.05) is 10.6 Å². The van der Waals surface area contributed by atoms with Crippen LogP contribution in [0.5, 0.6) is 0 Å². The lowest BCUT2D eigenvalue weighted by molar-refractivity contribution is 0.0677. The summed E-state index contributed by atoms with van der Waals surface area (Å²) in [5, 5.41) is 9.06. The van der Waals surface area contributed by atoms with E-state index in [1.54, 1.807) is 30.3 Å². The Morgan fingerprint density at radius 3 is 2.50 bits per heavy atom. The minimum atomic E-state index is -0.680. The normalized spacial score (nSPS) is 10.1. The summed E-state index contributed by atoms with van der Waals surface area (Å²) in [6.45, 7) is 0. The Labute approximate surface area is 96.4 Å². The third-order valence-electron chi connectivity index (χ3n) is 2.06. The van der Waals surface area contributed by atoms with Crippen LogP contribution in [0.1, 0.15) is 10.6 Å². The summed E-state index contributed by atoms with van der Waals surface area (Å²) in [7, 11) is 0. The molecule has 0 aliphatic carbocycles. The third kappa shape index (κ3) is 2.08. The largest absolute Gasteiger partial charge is 0.451 e. The van der Waals surface area contributed by atoms with Crippen molar-refractivity contribution in [2.24, 2.45) is 0 Å². The van der Waals surface area contributed by atoms with Crippen LogP contribution >= 0.6 is 11.6 Å². The van der Waals surface area contributed by atoms with Crippen molar-refractivity contribution in [3.05, 3.63) is 47.2 Å². The van der Waals surface area contributed by atoms with E-state index in [2.05, 4.69) is 0 Å². The quantitative estimate of drug-likeness (QED) is 0.624. The van der Waals surface area contributed by atoms with Gasteiger partial charge in [0.15, 0.2) is 5.76 Å². The molecule has 82 valence electrons. The van der Waals surface area contributed by atoms with Gasteiger partial charge in [0.25, 0.3) is 0 Å². The van der Waals surface area contributed by atoms with Crippen LogP contribution in [0.25, 0.3) is 11.3 Å². The van der Waals surface area contributed by atoms with E-state index in [1.807, 2.05) is 0 Å². The van der Waals surface area contributed by atoms with Crippen molar-refractivity contribution in [3.63, 3.8) is 0 Å². The van der Waals surface area contributed by atoms with Gasteiger partial charge < -0.3 is 4.42 Å². The first-order chi connectivity index (χ1) is 7.70. The number of amides is 1. The Balaban J connectivity index is 2.31. The molecule has 0 spiro atoms. The van der Waals surface area contributed by atoms with Crippen LogP contribution in [0.4, 0.5) is 0 Å². The third-order valence-corrected chi connectivity index (χ3v) is 2.31. The molecule has 2 rings (SSSR count). The van der Waals surface area contributed by atoms with Crippen LogP contribution in [0.3, 0.4) is 0 Å². The molecule has 0 unspecified atom stereocenters. The van der Waals surface area contributed by atoms with E-state index in [4.69, 9.17) is 21.2 Å². The highest BCUT2D eigenvalue weighted by Crippen LogP contribution is 2.23.